The van der Waals surface area contributed by atoms with E-state index in [1.807, 2.05) is 6.92 Å². The molecule has 90 valence electrons. The number of nitriles is 1. The van der Waals surface area contributed by atoms with Gasteiger partial charge in [0, 0.05) is 12.6 Å². The van der Waals surface area contributed by atoms with Crippen molar-refractivity contribution in [2.75, 3.05) is 6.61 Å². The largest absolute Gasteiger partial charge is 0.396 e. The molecule has 16 heavy (non-hydrogen) atoms. The van der Waals surface area contributed by atoms with Crippen LogP contribution in [0.1, 0.15) is 45.4 Å². The van der Waals surface area contributed by atoms with Gasteiger partial charge >= 0.3 is 0 Å². The van der Waals surface area contributed by atoms with Gasteiger partial charge in [0.15, 0.2) is 0 Å². The summed E-state index contributed by atoms with van der Waals surface area (Å²) in [7, 11) is 0. The molecule has 4 heteroatoms. The Balaban J connectivity index is 2.59. The Bertz CT molecular complexity index is 277. The van der Waals surface area contributed by atoms with Gasteiger partial charge in [-0.15, -0.1) is 0 Å². The van der Waals surface area contributed by atoms with E-state index in [1.165, 1.54) is 0 Å². The fourth-order valence-electron chi connectivity index (χ4n) is 2.17. The van der Waals surface area contributed by atoms with Crippen molar-refractivity contribution in [3.05, 3.63) is 0 Å². The van der Waals surface area contributed by atoms with Crippen LogP contribution in [0.25, 0.3) is 0 Å². The third-order valence-corrected chi connectivity index (χ3v) is 3.30. The quantitative estimate of drug-likeness (QED) is 0.757. The molecule has 0 bridgehead atoms. The number of hydrogen-bond donors (Lipinski definition) is 2. The number of nitrogens with zero attached hydrogens (tertiary/aromatic N) is 1. The molecule has 1 saturated carbocycles. The van der Waals surface area contributed by atoms with E-state index in [-0.39, 0.29) is 18.6 Å². The Morgan fingerprint density at radius 2 is 2.12 bits per heavy atom. The molecular formula is C12H20N2O2. The Kier molecular flexibility index (Phi) is 4.75. The first kappa shape index (κ1) is 13.0. The summed E-state index contributed by atoms with van der Waals surface area (Å²) in [6, 6.07) is 2.12. The number of rotatable bonds is 4. The van der Waals surface area contributed by atoms with Crippen molar-refractivity contribution in [2.45, 2.75) is 51.5 Å². The van der Waals surface area contributed by atoms with Crippen molar-refractivity contribution in [3.8, 4) is 6.07 Å². The van der Waals surface area contributed by atoms with E-state index in [1.54, 1.807) is 0 Å². The number of hydrogen-bond acceptors (Lipinski definition) is 3. The van der Waals surface area contributed by atoms with Gasteiger partial charge < -0.3 is 10.4 Å². The summed E-state index contributed by atoms with van der Waals surface area (Å²) in [4.78, 5) is 12.0. The van der Waals surface area contributed by atoms with E-state index in [4.69, 9.17) is 5.11 Å². The molecule has 0 saturated heterocycles. The highest BCUT2D eigenvalue weighted by Gasteiger charge is 2.40. The molecule has 0 aromatic heterocycles. The molecule has 1 aliphatic rings. The maximum Gasteiger partial charge on any atom is 0.240 e. The molecular weight excluding hydrogens is 204 g/mol. The standard InChI is InChI=1S/C12H20N2O2/c1-10(5-8-15)14-11(16)12(9-13)6-3-2-4-7-12/h10,15H,2-8H2,1H3,(H,14,16). The van der Waals surface area contributed by atoms with Gasteiger partial charge in [0.2, 0.25) is 5.91 Å². The smallest absolute Gasteiger partial charge is 0.240 e. The highest BCUT2D eigenvalue weighted by atomic mass is 16.3. The molecule has 1 unspecified atom stereocenters. The predicted octanol–water partition coefficient (Wildman–Crippen LogP) is 1.35. The normalized spacial score (nSPS) is 20.8. The molecule has 1 atom stereocenters. The number of nitrogens with one attached hydrogen (secondary N) is 1. The maximum absolute atomic E-state index is 12.0. The summed E-state index contributed by atoms with van der Waals surface area (Å²) in [6.45, 7) is 1.91. The summed E-state index contributed by atoms with van der Waals surface area (Å²) in [5.41, 5.74) is -0.817. The van der Waals surface area contributed by atoms with Gasteiger partial charge in [-0.25, -0.2) is 0 Å². The lowest BCUT2D eigenvalue weighted by molar-refractivity contribution is -0.130. The lowest BCUT2D eigenvalue weighted by Gasteiger charge is -2.30. The van der Waals surface area contributed by atoms with Crippen molar-refractivity contribution < 1.29 is 9.90 Å². The molecule has 4 nitrogen and oxygen atoms in total. The number of amides is 1. The second kappa shape index (κ2) is 5.86. The number of carbonyl (C=O) groups excluding carboxylic acids is 1. The van der Waals surface area contributed by atoms with E-state index in [2.05, 4.69) is 11.4 Å². The Morgan fingerprint density at radius 3 is 2.62 bits per heavy atom. The van der Waals surface area contributed by atoms with Gasteiger partial charge in [0.1, 0.15) is 5.41 Å². The topological polar surface area (TPSA) is 73.1 Å². The SMILES string of the molecule is CC(CCO)NC(=O)C1(C#N)CCCCC1. The molecule has 0 radical (unpaired) electrons. The molecule has 1 fully saturated rings. The molecule has 0 aromatic rings. The minimum atomic E-state index is -0.817. The van der Waals surface area contributed by atoms with E-state index in [0.717, 1.165) is 19.3 Å². The van der Waals surface area contributed by atoms with E-state index in [0.29, 0.717) is 19.3 Å². The molecule has 0 heterocycles. The van der Waals surface area contributed by atoms with Crippen molar-refractivity contribution in [2.24, 2.45) is 5.41 Å². The van der Waals surface area contributed by atoms with Gasteiger partial charge in [-0.2, -0.15) is 5.26 Å². The van der Waals surface area contributed by atoms with Crippen LogP contribution in [0.15, 0.2) is 0 Å². The van der Waals surface area contributed by atoms with Crippen molar-refractivity contribution in [3.63, 3.8) is 0 Å². The third-order valence-electron chi connectivity index (χ3n) is 3.30. The average molecular weight is 224 g/mol. The van der Waals surface area contributed by atoms with Gasteiger partial charge in [0.25, 0.3) is 0 Å². The maximum atomic E-state index is 12.0. The van der Waals surface area contributed by atoms with Gasteiger partial charge in [0.05, 0.1) is 6.07 Å². The monoisotopic (exact) mass is 224 g/mol. The van der Waals surface area contributed by atoms with Crippen molar-refractivity contribution in [1.82, 2.24) is 5.32 Å². The average Bonchev–Trinajstić information content (AvgIpc) is 2.30. The lowest BCUT2D eigenvalue weighted by atomic mass is 9.74. The van der Waals surface area contributed by atoms with Crippen LogP contribution in [-0.2, 0) is 4.79 Å². The predicted molar refractivity (Wildman–Crippen MR) is 60.4 cm³/mol. The van der Waals surface area contributed by atoms with Gasteiger partial charge in [-0.05, 0) is 26.2 Å². The van der Waals surface area contributed by atoms with Gasteiger partial charge in [-0.1, -0.05) is 19.3 Å². The molecule has 1 rings (SSSR count). The molecule has 0 aromatic carbocycles. The Hall–Kier alpha value is -1.08. The first-order valence-corrected chi connectivity index (χ1v) is 5.98. The van der Waals surface area contributed by atoms with E-state index in [9.17, 15) is 10.1 Å². The fourth-order valence-corrected chi connectivity index (χ4v) is 2.17. The highest BCUT2D eigenvalue weighted by molar-refractivity contribution is 5.85. The van der Waals surface area contributed by atoms with Crippen molar-refractivity contribution >= 4 is 5.91 Å². The zero-order chi connectivity index (χ0) is 12.0. The molecule has 1 amide bonds. The van der Waals surface area contributed by atoms with E-state index >= 15 is 0 Å². The van der Waals surface area contributed by atoms with Crippen molar-refractivity contribution in [1.29, 1.82) is 5.26 Å². The molecule has 2 N–H and O–H groups in total. The van der Waals surface area contributed by atoms with Crippen LogP contribution in [0.4, 0.5) is 0 Å². The lowest BCUT2D eigenvalue weighted by Crippen LogP contribution is -2.45. The summed E-state index contributed by atoms with van der Waals surface area (Å²) in [6.07, 6.45) is 4.89. The second-order valence-corrected chi connectivity index (χ2v) is 4.64. The Morgan fingerprint density at radius 1 is 1.50 bits per heavy atom. The minimum Gasteiger partial charge on any atom is -0.396 e. The van der Waals surface area contributed by atoms with Gasteiger partial charge in [-0.3, -0.25) is 4.79 Å². The zero-order valence-corrected chi connectivity index (χ0v) is 9.83. The summed E-state index contributed by atoms with van der Waals surface area (Å²) >= 11 is 0. The van der Waals surface area contributed by atoms with Crippen LogP contribution in [0.2, 0.25) is 0 Å². The second-order valence-electron chi connectivity index (χ2n) is 4.64. The number of aliphatic hydroxyl groups is 1. The summed E-state index contributed by atoms with van der Waals surface area (Å²) in [5.74, 6) is -0.157. The van der Waals surface area contributed by atoms with Crippen LogP contribution in [-0.4, -0.2) is 23.7 Å². The van der Waals surface area contributed by atoms with Crippen LogP contribution >= 0.6 is 0 Å². The van der Waals surface area contributed by atoms with Crippen LogP contribution in [0, 0.1) is 16.7 Å². The molecule has 1 aliphatic carbocycles. The zero-order valence-electron chi connectivity index (χ0n) is 9.83. The van der Waals surface area contributed by atoms with Crippen LogP contribution < -0.4 is 5.32 Å². The van der Waals surface area contributed by atoms with Crippen LogP contribution in [0.3, 0.4) is 0 Å². The Labute approximate surface area is 96.6 Å². The fraction of sp³-hybridized carbons (Fsp3) is 0.833. The molecule has 0 aliphatic heterocycles. The minimum absolute atomic E-state index is 0.0565. The number of carbonyl (C=O) groups is 1. The van der Waals surface area contributed by atoms with Crippen LogP contribution in [0.5, 0.6) is 0 Å². The third kappa shape index (κ3) is 2.96. The number of aliphatic hydroxyl groups excluding tert-OH is 1. The summed E-state index contributed by atoms with van der Waals surface area (Å²) in [5, 5.41) is 20.8. The summed E-state index contributed by atoms with van der Waals surface area (Å²) < 4.78 is 0. The highest BCUT2D eigenvalue weighted by Crippen LogP contribution is 2.35. The van der Waals surface area contributed by atoms with E-state index < -0.39 is 5.41 Å². The first-order chi connectivity index (χ1) is 7.64. The first-order valence-electron chi connectivity index (χ1n) is 5.98. The molecule has 0 spiro atoms.